The second-order valence-corrected chi connectivity index (χ2v) is 5.63. The molecule has 1 heterocycles. The fraction of sp³-hybridized carbons (Fsp3) is 0.500. The molecule has 0 aromatic heterocycles. The van der Waals surface area contributed by atoms with Crippen LogP contribution in [0, 0.1) is 5.92 Å². The molecule has 1 fully saturated rings. The third kappa shape index (κ3) is 2.47. The normalized spacial score (nSPS) is 25.4. The second-order valence-electron chi connectivity index (χ2n) is 4.08. The van der Waals surface area contributed by atoms with Crippen molar-refractivity contribution in [3.63, 3.8) is 0 Å². The minimum absolute atomic E-state index is 0.250. The number of hydrogen-bond donors (Lipinski definition) is 1. The Morgan fingerprint density at radius 2 is 2.31 bits per heavy atom. The van der Waals surface area contributed by atoms with Gasteiger partial charge in [-0.1, -0.05) is 24.6 Å². The summed E-state index contributed by atoms with van der Waals surface area (Å²) in [5.74, 6) is 2.74. The minimum Gasteiger partial charge on any atom is -0.496 e. The highest BCUT2D eigenvalue weighted by molar-refractivity contribution is 7.99. The maximum atomic E-state index is 6.24. The number of benzene rings is 1. The van der Waals surface area contributed by atoms with Crippen LogP contribution in [0.2, 0.25) is 5.02 Å². The molecule has 2 nitrogen and oxygen atoms in total. The summed E-state index contributed by atoms with van der Waals surface area (Å²) < 4.78 is 5.37. The molecule has 0 aliphatic carbocycles. The molecule has 1 saturated heterocycles. The van der Waals surface area contributed by atoms with Crippen molar-refractivity contribution in [3.8, 4) is 5.75 Å². The molecule has 4 heteroatoms. The Balaban J connectivity index is 2.25. The summed E-state index contributed by atoms with van der Waals surface area (Å²) in [6.45, 7) is 3.28. The number of hydrogen-bond acceptors (Lipinski definition) is 3. The van der Waals surface area contributed by atoms with Crippen LogP contribution in [0.3, 0.4) is 0 Å². The molecule has 2 rings (SSSR count). The van der Waals surface area contributed by atoms with Crippen LogP contribution in [0.25, 0.3) is 0 Å². The van der Waals surface area contributed by atoms with Crippen LogP contribution in [0.5, 0.6) is 5.75 Å². The minimum atomic E-state index is 0.250. The topological polar surface area (TPSA) is 21.3 Å². The molecule has 0 amide bonds. The molecule has 1 aliphatic rings. The third-order valence-corrected chi connectivity index (χ3v) is 4.52. The lowest BCUT2D eigenvalue weighted by atomic mass is 10.1. The van der Waals surface area contributed by atoms with Crippen molar-refractivity contribution >= 4 is 23.4 Å². The van der Waals surface area contributed by atoms with Crippen LogP contribution in [0.15, 0.2) is 18.2 Å². The number of nitrogens with one attached hydrogen (secondary N) is 1. The largest absolute Gasteiger partial charge is 0.496 e. The lowest BCUT2D eigenvalue weighted by molar-refractivity contribution is 0.405. The summed E-state index contributed by atoms with van der Waals surface area (Å²) >= 11 is 8.14. The van der Waals surface area contributed by atoms with Crippen LogP contribution in [0.1, 0.15) is 17.9 Å². The van der Waals surface area contributed by atoms with E-state index in [-0.39, 0.29) is 5.37 Å². The molecule has 0 radical (unpaired) electrons. The monoisotopic (exact) mass is 257 g/mol. The number of rotatable bonds is 2. The summed E-state index contributed by atoms with van der Waals surface area (Å²) in [5.41, 5.74) is 1.07. The molecule has 0 saturated carbocycles. The summed E-state index contributed by atoms with van der Waals surface area (Å²) in [5, 5.41) is 4.53. The Morgan fingerprint density at radius 1 is 1.50 bits per heavy atom. The van der Waals surface area contributed by atoms with Gasteiger partial charge in [-0.25, -0.2) is 0 Å². The predicted octanol–water partition coefficient (Wildman–Crippen LogP) is 3.32. The first-order valence-electron chi connectivity index (χ1n) is 5.39. The van der Waals surface area contributed by atoms with Crippen molar-refractivity contribution in [2.24, 2.45) is 5.92 Å². The van der Waals surface area contributed by atoms with E-state index in [0.29, 0.717) is 0 Å². The molecule has 16 heavy (non-hydrogen) atoms. The Morgan fingerprint density at radius 3 is 2.94 bits per heavy atom. The van der Waals surface area contributed by atoms with Crippen molar-refractivity contribution in [1.29, 1.82) is 0 Å². The molecule has 0 spiro atoms. The maximum Gasteiger partial charge on any atom is 0.125 e. The smallest absolute Gasteiger partial charge is 0.125 e. The van der Waals surface area contributed by atoms with Crippen LogP contribution >= 0.6 is 23.4 Å². The first kappa shape index (κ1) is 12.1. The molecule has 2 unspecified atom stereocenters. The molecule has 1 N–H and O–H groups in total. The van der Waals surface area contributed by atoms with Crippen molar-refractivity contribution in [1.82, 2.24) is 5.32 Å². The van der Waals surface area contributed by atoms with E-state index >= 15 is 0 Å². The molecule has 1 aromatic rings. The van der Waals surface area contributed by atoms with Crippen LogP contribution in [-0.4, -0.2) is 19.4 Å². The highest BCUT2D eigenvalue weighted by Crippen LogP contribution is 2.40. The van der Waals surface area contributed by atoms with E-state index in [9.17, 15) is 0 Å². The number of methoxy groups -OCH3 is 1. The zero-order chi connectivity index (χ0) is 11.5. The Kier molecular flexibility index (Phi) is 4.00. The molecular formula is C12H16ClNOS. The van der Waals surface area contributed by atoms with Gasteiger partial charge < -0.3 is 10.1 Å². The van der Waals surface area contributed by atoms with Gasteiger partial charge in [0.15, 0.2) is 0 Å². The summed E-state index contributed by atoms with van der Waals surface area (Å²) in [6, 6.07) is 5.79. The van der Waals surface area contributed by atoms with Crippen molar-refractivity contribution < 1.29 is 4.74 Å². The van der Waals surface area contributed by atoms with Gasteiger partial charge in [0.05, 0.1) is 12.5 Å². The first-order chi connectivity index (χ1) is 7.72. The van der Waals surface area contributed by atoms with E-state index in [2.05, 4.69) is 12.2 Å². The molecule has 0 bridgehead atoms. The maximum absolute atomic E-state index is 6.24. The van der Waals surface area contributed by atoms with E-state index in [1.165, 1.54) is 0 Å². The average molecular weight is 258 g/mol. The number of halogens is 1. The van der Waals surface area contributed by atoms with Crippen LogP contribution in [0.4, 0.5) is 0 Å². The quantitative estimate of drug-likeness (QED) is 0.878. The number of ether oxygens (including phenoxy) is 1. The van der Waals surface area contributed by atoms with Gasteiger partial charge in [-0.05, 0) is 30.3 Å². The second kappa shape index (κ2) is 5.30. The zero-order valence-corrected chi connectivity index (χ0v) is 11.1. The van der Waals surface area contributed by atoms with Crippen LogP contribution in [-0.2, 0) is 0 Å². The summed E-state index contributed by atoms with van der Waals surface area (Å²) in [4.78, 5) is 0. The van der Waals surface area contributed by atoms with Gasteiger partial charge in [0, 0.05) is 10.6 Å². The van der Waals surface area contributed by atoms with Crippen molar-refractivity contribution in [2.45, 2.75) is 12.3 Å². The van der Waals surface area contributed by atoms with E-state index < -0.39 is 0 Å². The molecule has 88 valence electrons. The Hall–Kier alpha value is -0.380. The fourth-order valence-corrected chi connectivity index (χ4v) is 3.42. The average Bonchev–Trinajstić information content (AvgIpc) is 2.30. The van der Waals surface area contributed by atoms with Crippen LogP contribution < -0.4 is 10.1 Å². The molecule has 1 aromatic carbocycles. The van der Waals surface area contributed by atoms with Gasteiger partial charge >= 0.3 is 0 Å². The highest BCUT2D eigenvalue weighted by Gasteiger charge is 2.24. The van der Waals surface area contributed by atoms with Crippen molar-refractivity contribution in [2.75, 3.05) is 19.4 Å². The van der Waals surface area contributed by atoms with Gasteiger partial charge in [-0.2, -0.15) is 0 Å². The van der Waals surface area contributed by atoms with Gasteiger partial charge in [-0.3, -0.25) is 0 Å². The lowest BCUT2D eigenvalue weighted by Crippen LogP contribution is -2.31. The fourth-order valence-electron chi connectivity index (χ4n) is 1.82. The standard InChI is InChI=1S/C12H16ClNOS/c1-8-6-14-12(16-7-8)11-9(13)4-3-5-10(11)15-2/h3-5,8,12,14H,6-7H2,1-2H3. The van der Waals surface area contributed by atoms with Gasteiger partial charge in [0.1, 0.15) is 5.75 Å². The van der Waals surface area contributed by atoms with E-state index in [1.54, 1.807) is 7.11 Å². The summed E-state index contributed by atoms with van der Waals surface area (Å²) in [7, 11) is 1.69. The zero-order valence-electron chi connectivity index (χ0n) is 9.50. The molecule has 1 aliphatic heterocycles. The van der Waals surface area contributed by atoms with Gasteiger partial charge in [0.25, 0.3) is 0 Å². The predicted molar refractivity (Wildman–Crippen MR) is 70.4 cm³/mol. The Labute approximate surface area is 106 Å². The van der Waals surface area contributed by atoms with Gasteiger partial charge in [0.2, 0.25) is 0 Å². The summed E-state index contributed by atoms with van der Waals surface area (Å²) in [6.07, 6.45) is 0. The molecule has 2 atom stereocenters. The third-order valence-electron chi connectivity index (χ3n) is 2.69. The van der Waals surface area contributed by atoms with E-state index in [1.807, 2.05) is 30.0 Å². The van der Waals surface area contributed by atoms with Crippen molar-refractivity contribution in [3.05, 3.63) is 28.8 Å². The number of thioether (sulfide) groups is 1. The first-order valence-corrected chi connectivity index (χ1v) is 6.82. The lowest BCUT2D eigenvalue weighted by Gasteiger charge is -2.29. The van der Waals surface area contributed by atoms with E-state index in [0.717, 1.165) is 34.6 Å². The van der Waals surface area contributed by atoms with E-state index in [4.69, 9.17) is 16.3 Å². The van der Waals surface area contributed by atoms with Gasteiger partial charge in [-0.15, -0.1) is 11.8 Å². The SMILES string of the molecule is COc1cccc(Cl)c1C1NCC(C)CS1. The Bertz CT molecular complexity index is 364. The molecular weight excluding hydrogens is 242 g/mol. The highest BCUT2D eigenvalue weighted by atomic mass is 35.5.